The highest BCUT2D eigenvalue weighted by atomic mass is 16.6. The van der Waals surface area contributed by atoms with Gasteiger partial charge in [-0.2, -0.15) is 0 Å². The van der Waals surface area contributed by atoms with Crippen LogP contribution in [0.15, 0.2) is 89.5 Å². The monoisotopic (exact) mass is 499 g/mol. The van der Waals surface area contributed by atoms with Gasteiger partial charge >= 0.3 is 0 Å². The van der Waals surface area contributed by atoms with Crippen LogP contribution in [0.2, 0.25) is 0 Å². The lowest BCUT2D eigenvalue weighted by Crippen LogP contribution is -2.35. The van der Waals surface area contributed by atoms with E-state index in [0.29, 0.717) is 30.6 Å². The maximum atomic E-state index is 13.0. The fourth-order valence-electron chi connectivity index (χ4n) is 3.59. The molecule has 0 aliphatic rings. The van der Waals surface area contributed by atoms with Gasteiger partial charge in [-0.15, -0.1) is 0 Å². The summed E-state index contributed by atoms with van der Waals surface area (Å²) in [5.41, 5.74) is 1.58. The number of aromatic nitrogens is 2. The highest BCUT2D eigenvalue weighted by Crippen LogP contribution is 2.31. The van der Waals surface area contributed by atoms with Crippen molar-refractivity contribution in [3.05, 3.63) is 112 Å². The zero-order valence-corrected chi connectivity index (χ0v) is 20.1. The number of nitro benzene ring substituents is 1. The van der Waals surface area contributed by atoms with Crippen LogP contribution in [0.3, 0.4) is 0 Å². The van der Waals surface area contributed by atoms with Gasteiger partial charge in [0.05, 0.1) is 16.8 Å². The number of rotatable bonds is 10. The van der Waals surface area contributed by atoms with Crippen molar-refractivity contribution in [2.24, 2.45) is 0 Å². The number of benzene rings is 2. The fourth-order valence-corrected chi connectivity index (χ4v) is 3.59. The minimum Gasteiger partial charge on any atom is -0.456 e. The number of amides is 2. The van der Waals surface area contributed by atoms with E-state index in [1.54, 1.807) is 67.1 Å². The lowest BCUT2D eigenvalue weighted by atomic mass is 10.1. The highest BCUT2D eigenvalue weighted by molar-refractivity contribution is 6.05. The lowest BCUT2D eigenvalue weighted by Gasteiger charge is -2.11. The number of nitro groups is 1. The van der Waals surface area contributed by atoms with Crippen molar-refractivity contribution in [2.45, 2.75) is 19.9 Å². The van der Waals surface area contributed by atoms with Gasteiger partial charge in [0, 0.05) is 43.2 Å². The van der Waals surface area contributed by atoms with Crippen molar-refractivity contribution in [1.29, 1.82) is 0 Å². The van der Waals surface area contributed by atoms with Gasteiger partial charge in [-0.25, -0.2) is 4.98 Å². The average molecular weight is 500 g/mol. The van der Waals surface area contributed by atoms with Crippen LogP contribution in [-0.4, -0.2) is 32.8 Å². The molecule has 0 aliphatic heterocycles. The molecule has 0 saturated carbocycles. The van der Waals surface area contributed by atoms with Crippen LogP contribution in [0.5, 0.6) is 0 Å². The Hall–Kier alpha value is -4.99. The number of carbonyl (C=O) groups is 2. The first-order valence-corrected chi connectivity index (χ1v) is 11.6. The lowest BCUT2D eigenvalue weighted by molar-refractivity contribution is -0.384. The summed E-state index contributed by atoms with van der Waals surface area (Å²) in [4.78, 5) is 40.7. The summed E-state index contributed by atoms with van der Waals surface area (Å²) in [5.74, 6) is -0.426. The highest BCUT2D eigenvalue weighted by Gasteiger charge is 2.19. The third-order valence-corrected chi connectivity index (χ3v) is 5.52. The third kappa shape index (κ3) is 6.57. The molecule has 2 amide bonds. The molecule has 0 fully saturated rings. The molecule has 0 unspecified atom stereocenters. The molecule has 0 atom stereocenters. The molecule has 37 heavy (non-hydrogen) atoms. The molecule has 2 N–H and O–H groups in total. The van der Waals surface area contributed by atoms with Gasteiger partial charge in [-0.05, 0) is 43.7 Å². The summed E-state index contributed by atoms with van der Waals surface area (Å²) in [6.07, 6.45) is 7.27. The summed E-state index contributed by atoms with van der Waals surface area (Å²) in [6, 6.07) is 16.3. The van der Waals surface area contributed by atoms with E-state index in [-0.39, 0.29) is 22.9 Å². The van der Waals surface area contributed by atoms with Gasteiger partial charge in [0.2, 0.25) is 0 Å². The Bertz CT molecular complexity index is 1420. The summed E-state index contributed by atoms with van der Waals surface area (Å²) in [7, 11) is 0. The molecule has 4 rings (SSSR count). The number of aryl methyl sites for hydroxylation is 2. The molecule has 0 aliphatic carbocycles. The number of hydrogen-bond donors (Lipinski definition) is 2. The second-order valence-corrected chi connectivity index (χ2v) is 8.26. The van der Waals surface area contributed by atoms with Crippen LogP contribution in [-0.2, 0) is 11.3 Å². The number of nitrogens with one attached hydrogen (secondary N) is 2. The van der Waals surface area contributed by atoms with Gasteiger partial charge < -0.3 is 19.6 Å². The Morgan fingerprint density at radius 1 is 1.11 bits per heavy atom. The number of nitrogens with zero attached hydrogens (tertiary/aromatic N) is 3. The van der Waals surface area contributed by atoms with Gasteiger partial charge in [0.25, 0.3) is 17.5 Å². The first-order valence-electron chi connectivity index (χ1n) is 11.6. The number of hydrogen-bond acceptors (Lipinski definition) is 6. The largest absolute Gasteiger partial charge is 0.456 e. The Morgan fingerprint density at radius 3 is 2.62 bits per heavy atom. The van der Waals surface area contributed by atoms with Crippen LogP contribution in [0.25, 0.3) is 17.4 Å². The zero-order chi connectivity index (χ0) is 26.2. The second-order valence-electron chi connectivity index (χ2n) is 8.26. The predicted molar refractivity (Wildman–Crippen MR) is 137 cm³/mol. The first-order chi connectivity index (χ1) is 17.9. The standard InChI is InChI=1S/C27H25N5O5/c1-19-7-9-20(10-8-19)26(33)30-23(27(34)29-13-4-15-31-16-14-28-18-31)17-21-11-12-25(37-21)22-5-2-3-6-24(22)32(35)36/h2-3,5-12,14,16-18H,4,13,15H2,1H3,(H,29,34)(H,30,33)/b23-17+. The van der Waals surface area contributed by atoms with Crippen LogP contribution >= 0.6 is 0 Å². The van der Waals surface area contributed by atoms with Gasteiger partial charge in [0.15, 0.2) is 0 Å². The van der Waals surface area contributed by atoms with Crippen LogP contribution < -0.4 is 10.6 Å². The Labute approximate surface area is 212 Å². The minimum atomic E-state index is -0.491. The van der Waals surface area contributed by atoms with Crippen molar-refractivity contribution in [1.82, 2.24) is 20.2 Å². The number of imidazole rings is 1. The van der Waals surface area contributed by atoms with Gasteiger partial charge in [-0.3, -0.25) is 19.7 Å². The summed E-state index contributed by atoms with van der Waals surface area (Å²) in [5, 5.41) is 16.9. The molecule has 2 heterocycles. The second kappa shape index (κ2) is 11.6. The van der Waals surface area contributed by atoms with E-state index in [1.165, 1.54) is 12.1 Å². The smallest absolute Gasteiger partial charge is 0.280 e. The van der Waals surface area contributed by atoms with Crippen LogP contribution in [0, 0.1) is 17.0 Å². The zero-order valence-electron chi connectivity index (χ0n) is 20.1. The number of furan rings is 1. The van der Waals surface area contributed by atoms with E-state index in [4.69, 9.17) is 4.42 Å². The normalized spacial score (nSPS) is 11.2. The van der Waals surface area contributed by atoms with E-state index in [0.717, 1.165) is 5.56 Å². The molecule has 4 aromatic rings. The molecular weight excluding hydrogens is 474 g/mol. The van der Waals surface area contributed by atoms with Crippen molar-refractivity contribution in [3.63, 3.8) is 0 Å². The fraction of sp³-hybridized carbons (Fsp3) is 0.148. The van der Waals surface area contributed by atoms with Crippen LogP contribution in [0.1, 0.15) is 28.1 Å². The predicted octanol–water partition coefficient (Wildman–Crippen LogP) is 4.34. The molecule has 0 bridgehead atoms. The molecule has 10 nitrogen and oxygen atoms in total. The SMILES string of the molecule is Cc1ccc(C(=O)N/C(=C/c2ccc(-c3ccccc3[N+](=O)[O-])o2)C(=O)NCCCn2ccnc2)cc1. The summed E-state index contributed by atoms with van der Waals surface area (Å²) < 4.78 is 7.69. The first kappa shape index (κ1) is 25.1. The van der Waals surface area contributed by atoms with Crippen molar-refractivity contribution in [3.8, 4) is 11.3 Å². The van der Waals surface area contributed by atoms with E-state index in [2.05, 4.69) is 15.6 Å². The molecule has 0 spiro atoms. The third-order valence-electron chi connectivity index (χ3n) is 5.52. The Balaban J connectivity index is 1.54. The molecule has 2 aromatic carbocycles. The maximum Gasteiger partial charge on any atom is 0.280 e. The van der Waals surface area contributed by atoms with E-state index in [1.807, 2.05) is 17.7 Å². The topological polar surface area (TPSA) is 132 Å². The Kier molecular flexibility index (Phi) is 7.89. The molecule has 188 valence electrons. The molecule has 2 aromatic heterocycles. The Morgan fingerprint density at radius 2 is 1.89 bits per heavy atom. The maximum absolute atomic E-state index is 13.0. The quantitative estimate of drug-likeness (QED) is 0.144. The van der Waals surface area contributed by atoms with Crippen molar-refractivity contribution >= 4 is 23.6 Å². The summed E-state index contributed by atoms with van der Waals surface area (Å²) >= 11 is 0. The van der Waals surface area contributed by atoms with E-state index < -0.39 is 16.7 Å². The van der Waals surface area contributed by atoms with Crippen molar-refractivity contribution in [2.75, 3.05) is 6.54 Å². The number of carbonyl (C=O) groups excluding carboxylic acids is 2. The van der Waals surface area contributed by atoms with E-state index in [9.17, 15) is 19.7 Å². The van der Waals surface area contributed by atoms with Crippen LogP contribution in [0.4, 0.5) is 5.69 Å². The molecular formula is C27H25N5O5. The van der Waals surface area contributed by atoms with Gasteiger partial charge in [-0.1, -0.05) is 29.8 Å². The molecule has 0 saturated heterocycles. The molecule has 0 radical (unpaired) electrons. The van der Waals surface area contributed by atoms with Gasteiger partial charge in [0.1, 0.15) is 17.2 Å². The van der Waals surface area contributed by atoms with E-state index >= 15 is 0 Å². The van der Waals surface area contributed by atoms with Crippen molar-refractivity contribution < 1.29 is 18.9 Å². The number of para-hydroxylation sites is 1. The molecule has 10 heteroatoms. The minimum absolute atomic E-state index is 0.0170. The summed E-state index contributed by atoms with van der Waals surface area (Å²) in [6.45, 7) is 2.96. The average Bonchev–Trinajstić information content (AvgIpc) is 3.59.